The van der Waals surface area contributed by atoms with Gasteiger partial charge in [-0.25, -0.2) is 0 Å². The Kier molecular flexibility index (Phi) is 6.02. The average Bonchev–Trinajstić information content (AvgIpc) is 2.53. The molecule has 1 heterocycles. The second-order valence-electron chi connectivity index (χ2n) is 6.52. The number of ether oxygens (including phenoxy) is 1. The van der Waals surface area contributed by atoms with Crippen molar-refractivity contribution < 1.29 is 9.53 Å². The van der Waals surface area contributed by atoms with Crippen molar-refractivity contribution in [3.8, 4) is 0 Å². The molecule has 1 amide bonds. The van der Waals surface area contributed by atoms with Gasteiger partial charge >= 0.3 is 0 Å². The van der Waals surface area contributed by atoms with Crippen LogP contribution in [-0.4, -0.2) is 54.7 Å². The van der Waals surface area contributed by atoms with Gasteiger partial charge in [0.2, 0.25) is 5.91 Å². The van der Waals surface area contributed by atoms with Crippen molar-refractivity contribution >= 4 is 5.91 Å². The Morgan fingerprint density at radius 2 is 2.29 bits per heavy atom. The highest BCUT2D eigenvalue weighted by atomic mass is 16.5. The molecule has 5 heteroatoms. The molecule has 3 N–H and O–H groups in total. The first-order valence-corrected chi connectivity index (χ1v) is 8.52. The molecule has 2 fully saturated rings. The Morgan fingerprint density at radius 3 is 2.95 bits per heavy atom. The number of carbonyl (C=O) groups excluding carboxylic acids is 1. The quantitative estimate of drug-likeness (QED) is 0.774. The van der Waals surface area contributed by atoms with Gasteiger partial charge in [-0.3, -0.25) is 9.69 Å². The number of carbonyl (C=O) groups is 1. The number of nitrogens with two attached hydrogens (primary N) is 1. The zero-order valence-corrected chi connectivity index (χ0v) is 13.6. The number of hydrogen-bond acceptors (Lipinski definition) is 4. The number of rotatable bonds is 6. The van der Waals surface area contributed by atoms with Crippen LogP contribution in [0.1, 0.15) is 52.4 Å². The summed E-state index contributed by atoms with van der Waals surface area (Å²) in [5, 5.41) is 3.45. The van der Waals surface area contributed by atoms with E-state index in [0.717, 1.165) is 58.3 Å². The van der Waals surface area contributed by atoms with Crippen LogP contribution in [0.3, 0.4) is 0 Å². The monoisotopic (exact) mass is 297 g/mol. The molecule has 2 rings (SSSR count). The van der Waals surface area contributed by atoms with E-state index >= 15 is 0 Å². The molecule has 1 saturated heterocycles. The predicted octanol–water partition coefficient (Wildman–Crippen LogP) is 1.26. The summed E-state index contributed by atoms with van der Waals surface area (Å²) in [4.78, 5) is 14.6. The van der Waals surface area contributed by atoms with E-state index in [-0.39, 0.29) is 5.91 Å². The third-order valence-corrected chi connectivity index (χ3v) is 5.05. The standard InChI is InChI=1S/C16H31N3O2/c1-3-8-18-16(15(17)20)7-5-6-13(11-16)19-9-10-21-14(4-2)12-19/h13-14,18H,3-12H2,1-2H3,(H2,17,20). The van der Waals surface area contributed by atoms with E-state index in [9.17, 15) is 4.79 Å². The minimum absolute atomic E-state index is 0.180. The average molecular weight is 297 g/mol. The van der Waals surface area contributed by atoms with E-state index in [0.29, 0.717) is 12.1 Å². The topological polar surface area (TPSA) is 67.6 Å². The van der Waals surface area contributed by atoms with Gasteiger partial charge < -0.3 is 15.8 Å². The molecule has 5 nitrogen and oxygen atoms in total. The Labute approximate surface area is 128 Å². The van der Waals surface area contributed by atoms with Gasteiger partial charge in [-0.05, 0) is 45.1 Å². The highest BCUT2D eigenvalue weighted by molar-refractivity contribution is 5.84. The molecule has 0 radical (unpaired) electrons. The molecular weight excluding hydrogens is 266 g/mol. The van der Waals surface area contributed by atoms with Crippen LogP contribution in [0.25, 0.3) is 0 Å². The van der Waals surface area contributed by atoms with Crippen molar-refractivity contribution in [2.24, 2.45) is 5.73 Å². The fourth-order valence-corrected chi connectivity index (χ4v) is 3.71. The number of primary amides is 1. The van der Waals surface area contributed by atoms with E-state index in [1.165, 1.54) is 6.42 Å². The lowest BCUT2D eigenvalue weighted by Crippen LogP contribution is -2.62. The maximum absolute atomic E-state index is 12.0. The summed E-state index contributed by atoms with van der Waals surface area (Å²) in [7, 11) is 0. The smallest absolute Gasteiger partial charge is 0.237 e. The number of nitrogens with zero attached hydrogens (tertiary/aromatic N) is 1. The number of hydrogen-bond donors (Lipinski definition) is 2. The second-order valence-corrected chi connectivity index (χ2v) is 6.52. The third kappa shape index (κ3) is 3.96. The van der Waals surface area contributed by atoms with Gasteiger partial charge in [0, 0.05) is 19.1 Å². The summed E-state index contributed by atoms with van der Waals surface area (Å²) >= 11 is 0. The fourth-order valence-electron chi connectivity index (χ4n) is 3.71. The second kappa shape index (κ2) is 7.56. The molecule has 21 heavy (non-hydrogen) atoms. The van der Waals surface area contributed by atoms with Gasteiger partial charge in [-0.15, -0.1) is 0 Å². The first-order chi connectivity index (χ1) is 10.1. The minimum atomic E-state index is -0.501. The van der Waals surface area contributed by atoms with Crippen molar-refractivity contribution in [1.29, 1.82) is 0 Å². The van der Waals surface area contributed by atoms with E-state index in [1.54, 1.807) is 0 Å². The largest absolute Gasteiger partial charge is 0.376 e. The Bertz CT molecular complexity index is 350. The van der Waals surface area contributed by atoms with Crippen molar-refractivity contribution in [2.75, 3.05) is 26.2 Å². The Hall–Kier alpha value is -0.650. The molecule has 0 spiro atoms. The molecular formula is C16H31N3O2. The third-order valence-electron chi connectivity index (χ3n) is 5.05. The molecule has 1 aliphatic carbocycles. The molecule has 0 aromatic carbocycles. The molecule has 1 saturated carbocycles. The number of morpholine rings is 1. The first kappa shape index (κ1) is 16.7. The molecule has 0 aromatic heterocycles. The molecule has 3 atom stereocenters. The maximum Gasteiger partial charge on any atom is 0.237 e. The van der Waals surface area contributed by atoms with E-state index < -0.39 is 5.54 Å². The summed E-state index contributed by atoms with van der Waals surface area (Å²) in [6.45, 7) is 7.92. The van der Waals surface area contributed by atoms with Crippen molar-refractivity contribution in [2.45, 2.75) is 70.1 Å². The highest BCUT2D eigenvalue weighted by Gasteiger charge is 2.43. The minimum Gasteiger partial charge on any atom is -0.376 e. The van der Waals surface area contributed by atoms with Gasteiger partial charge in [-0.1, -0.05) is 13.8 Å². The van der Waals surface area contributed by atoms with Gasteiger partial charge in [0.1, 0.15) is 0 Å². The molecule has 1 aliphatic heterocycles. The van der Waals surface area contributed by atoms with E-state index in [1.807, 2.05) is 0 Å². The maximum atomic E-state index is 12.0. The fraction of sp³-hybridized carbons (Fsp3) is 0.938. The van der Waals surface area contributed by atoms with Gasteiger partial charge in [0.15, 0.2) is 0 Å². The lowest BCUT2D eigenvalue weighted by Gasteiger charge is -2.45. The summed E-state index contributed by atoms with van der Waals surface area (Å²) in [6, 6.07) is 0.452. The summed E-state index contributed by atoms with van der Waals surface area (Å²) in [5.74, 6) is -0.180. The molecule has 3 unspecified atom stereocenters. The van der Waals surface area contributed by atoms with E-state index in [2.05, 4.69) is 24.1 Å². The zero-order valence-electron chi connectivity index (χ0n) is 13.6. The van der Waals surface area contributed by atoms with Crippen molar-refractivity contribution in [3.05, 3.63) is 0 Å². The molecule has 0 aromatic rings. The Balaban J connectivity index is 2.02. The van der Waals surface area contributed by atoms with Crippen LogP contribution < -0.4 is 11.1 Å². The van der Waals surface area contributed by atoms with Crippen LogP contribution in [0, 0.1) is 0 Å². The van der Waals surface area contributed by atoms with Gasteiger partial charge in [-0.2, -0.15) is 0 Å². The predicted molar refractivity (Wildman–Crippen MR) is 84.1 cm³/mol. The molecule has 122 valence electrons. The lowest BCUT2D eigenvalue weighted by atomic mass is 9.77. The first-order valence-electron chi connectivity index (χ1n) is 8.52. The normalized spacial score (nSPS) is 34.8. The lowest BCUT2D eigenvalue weighted by molar-refractivity contribution is -0.127. The zero-order chi connectivity index (χ0) is 15.3. The van der Waals surface area contributed by atoms with Gasteiger partial charge in [0.05, 0.1) is 18.2 Å². The van der Waals surface area contributed by atoms with Crippen molar-refractivity contribution in [3.63, 3.8) is 0 Å². The van der Waals surface area contributed by atoms with Gasteiger partial charge in [0.25, 0.3) is 0 Å². The number of nitrogens with one attached hydrogen (secondary N) is 1. The molecule has 2 aliphatic rings. The van der Waals surface area contributed by atoms with Crippen LogP contribution in [0.2, 0.25) is 0 Å². The van der Waals surface area contributed by atoms with Crippen LogP contribution in [-0.2, 0) is 9.53 Å². The highest BCUT2D eigenvalue weighted by Crippen LogP contribution is 2.32. The van der Waals surface area contributed by atoms with Crippen LogP contribution >= 0.6 is 0 Å². The van der Waals surface area contributed by atoms with E-state index in [4.69, 9.17) is 10.5 Å². The summed E-state index contributed by atoms with van der Waals surface area (Å²) in [5.41, 5.74) is 5.24. The van der Waals surface area contributed by atoms with Crippen molar-refractivity contribution in [1.82, 2.24) is 10.2 Å². The Morgan fingerprint density at radius 1 is 1.48 bits per heavy atom. The van der Waals surface area contributed by atoms with Crippen LogP contribution in [0.5, 0.6) is 0 Å². The van der Waals surface area contributed by atoms with Crippen LogP contribution in [0.15, 0.2) is 0 Å². The van der Waals surface area contributed by atoms with Crippen LogP contribution in [0.4, 0.5) is 0 Å². The number of amides is 1. The SMILES string of the molecule is CCCNC1(C(N)=O)CCCC(N2CCOC(CC)C2)C1. The summed E-state index contributed by atoms with van der Waals surface area (Å²) < 4.78 is 5.76. The summed E-state index contributed by atoms with van der Waals surface area (Å²) in [6.07, 6.45) is 6.37. The molecule has 0 bridgehead atoms.